The maximum atomic E-state index is 11.7. The standard InChI is InChI=1S/C11H16N2O8/c1-20-9(17)5-13(6-10(18)21-2)11(19)12-7(14)3-4-8(15)16/h3-6H2,1-2H3,(H,15,16)(H,12,14,19). The van der Waals surface area contributed by atoms with Gasteiger partial charge in [-0.15, -0.1) is 0 Å². The van der Waals surface area contributed by atoms with Crippen LogP contribution in [0.1, 0.15) is 12.8 Å². The molecule has 0 saturated carbocycles. The first-order valence-electron chi connectivity index (χ1n) is 5.74. The van der Waals surface area contributed by atoms with Crippen molar-refractivity contribution in [2.45, 2.75) is 12.8 Å². The molecule has 0 aliphatic carbocycles. The molecule has 21 heavy (non-hydrogen) atoms. The van der Waals surface area contributed by atoms with Crippen LogP contribution >= 0.6 is 0 Å². The van der Waals surface area contributed by atoms with Crippen molar-refractivity contribution in [1.29, 1.82) is 0 Å². The molecular formula is C11H16N2O8. The summed E-state index contributed by atoms with van der Waals surface area (Å²) in [5.74, 6) is -3.64. The lowest BCUT2D eigenvalue weighted by Crippen LogP contribution is -2.47. The number of esters is 2. The number of rotatable bonds is 7. The minimum atomic E-state index is -1.20. The van der Waals surface area contributed by atoms with Crippen molar-refractivity contribution in [2.24, 2.45) is 0 Å². The second kappa shape index (κ2) is 9.28. The van der Waals surface area contributed by atoms with E-state index in [1.54, 1.807) is 0 Å². The lowest BCUT2D eigenvalue weighted by atomic mass is 10.3. The van der Waals surface area contributed by atoms with Crippen LogP contribution in [0.4, 0.5) is 4.79 Å². The Hall–Kier alpha value is -2.65. The molecule has 0 aromatic rings. The molecule has 0 radical (unpaired) electrons. The van der Waals surface area contributed by atoms with E-state index in [2.05, 4.69) is 9.47 Å². The number of carboxylic acids is 1. The lowest BCUT2D eigenvalue weighted by Gasteiger charge is -2.19. The van der Waals surface area contributed by atoms with Crippen LogP contribution in [0.3, 0.4) is 0 Å². The van der Waals surface area contributed by atoms with Gasteiger partial charge in [-0.05, 0) is 0 Å². The summed E-state index contributed by atoms with van der Waals surface area (Å²) in [4.78, 5) is 56.3. The summed E-state index contributed by atoms with van der Waals surface area (Å²) in [6.07, 6.45) is -0.863. The van der Waals surface area contributed by atoms with Gasteiger partial charge in [-0.2, -0.15) is 0 Å². The Bertz CT molecular complexity index is 416. The van der Waals surface area contributed by atoms with Gasteiger partial charge >= 0.3 is 23.9 Å². The number of methoxy groups -OCH3 is 2. The molecule has 0 heterocycles. The van der Waals surface area contributed by atoms with Crippen molar-refractivity contribution in [1.82, 2.24) is 10.2 Å². The zero-order chi connectivity index (χ0) is 16.4. The third-order valence-corrected chi connectivity index (χ3v) is 2.19. The smallest absolute Gasteiger partial charge is 0.325 e. The third-order valence-electron chi connectivity index (χ3n) is 2.19. The lowest BCUT2D eigenvalue weighted by molar-refractivity contribution is -0.144. The average molecular weight is 304 g/mol. The van der Waals surface area contributed by atoms with Crippen molar-refractivity contribution in [3.63, 3.8) is 0 Å². The Kier molecular flexibility index (Phi) is 8.11. The molecule has 0 aliphatic rings. The predicted octanol–water partition coefficient (Wildman–Crippen LogP) is -1.26. The second-order valence-corrected chi connectivity index (χ2v) is 3.76. The number of carbonyl (C=O) groups is 5. The monoisotopic (exact) mass is 304 g/mol. The molecule has 118 valence electrons. The van der Waals surface area contributed by atoms with E-state index >= 15 is 0 Å². The van der Waals surface area contributed by atoms with Gasteiger partial charge in [0.15, 0.2) is 0 Å². The first-order chi connectivity index (χ1) is 9.79. The number of carboxylic acid groups (broad SMARTS) is 1. The highest BCUT2D eigenvalue weighted by Gasteiger charge is 2.22. The van der Waals surface area contributed by atoms with E-state index in [1.165, 1.54) is 0 Å². The van der Waals surface area contributed by atoms with Crippen molar-refractivity contribution in [2.75, 3.05) is 27.3 Å². The van der Waals surface area contributed by atoms with Crippen molar-refractivity contribution >= 4 is 29.8 Å². The highest BCUT2D eigenvalue weighted by molar-refractivity contribution is 5.97. The molecule has 0 aromatic heterocycles. The number of hydrogen-bond donors (Lipinski definition) is 2. The van der Waals surface area contributed by atoms with Crippen LogP contribution in [0, 0.1) is 0 Å². The van der Waals surface area contributed by atoms with Gasteiger partial charge < -0.3 is 19.5 Å². The van der Waals surface area contributed by atoms with Crippen LogP contribution in [0.15, 0.2) is 0 Å². The fourth-order valence-corrected chi connectivity index (χ4v) is 1.12. The minimum absolute atomic E-state index is 0.411. The van der Waals surface area contributed by atoms with E-state index in [0.29, 0.717) is 4.90 Å². The van der Waals surface area contributed by atoms with E-state index in [-0.39, 0.29) is 0 Å². The molecule has 10 heteroatoms. The van der Waals surface area contributed by atoms with Crippen molar-refractivity contribution in [3.8, 4) is 0 Å². The molecule has 3 amide bonds. The summed E-state index contributed by atoms with van der Waals surface area (Å²) < 4.78 is 8.71. The quantitative estimate of drug-likeness (QED) is 0.555. The van der Waals surface area contributed by atoms with E-state index < -0.39 is 55.8 Å². The van der Waals surface area contributed by atoms with Crippen LogP contribution < -0.4 is 5.32 Å². The Morgan fingerprint density at radius 2 is 1.43 bits per heavy atom. The molecule has 0 aromatic carbocycles. The van der Waals surface area contributed by atoms with Gasteiger partial charge in [0.25, 0.3) is 0 Å². The summed E-state index contributed by atoms with van der Waals surface area (Å²) in [7, 11) is 2.18. The van der Waals surface area contributed by atoms with Gasteiger partial charge in [-0.3, -0.25) is 24.5 Å². The Morgan fingerprint density at radius 1 is 0.952 bits per heavy atom. The van der Waals surface area contributed by atoms with Crippen molar-refractivity contribution < 1.29 is 38.6 Å². The highest BCUT2D eigenvalue weighted by atomic mass is 16.5. The SMILES string of the molecule is COC(=O)CN(CC(=O)OC)C(=O)NC(=O)CCC(=O)O. The number of amides is 3. The van der Waals surface area contributed by atoms with Crippen LogP contribution in [0.2, 0.25) is 0 Å². The maximum absolute atomic E-state index is 11.7. The van der Waals surface area contributed by atoms with Crippen LogP contribution in [0.25, 0.3) is 0 Å². The van der Waals surface area contributed by atoms with Crippen LogP contribution in [0.5, 0.6) is 0 Å². The number of nitrogens with one attached hydrogen (secondary N) is 1. The molecule has 2 N–H and O–H groups in total. The summed E-state index contributed by atoms with van der Waals surface area (Å²) in [6.45, 7) is -1.13. The molecule has 0 rings (SSSR count). The van der Waals surface area contributed by atoms with Crippen LogP contribution in [-0.4, -0.2) is 67.2 Å². The van der Waals surface area contributed by atoms with E-state index in [4.69, 9.17) is 5.11 Å². The number of carbonyl (C=O) groups excluding carboxylic acids is 4. The second-order valence-electron chi connectivity index (χ2n) is 3.76. The fourth-order valence-electron chi connectivity index (χ4n) is 1.12. The molecule has 0 unspecified atom stereocenters. The molecule has 10 nitrogen and oxygen atoms in total. The number of aliphatic carboxylic acids is 1. The minimum Gasteiger partial charge on any atom is -0.481 e. The number of hydrogen-bond acceptors (Lipinski definition) is 7. The molecule has 0 atom stereocenters. The molecule has 0 saturated heterocycles. The van der Waals surface area contributed by atoms with Gasteiger partial charge in [0.1, 0.15) is 13.1 Å². The first-order valence-corrected chi connectivity index (χ1v) is 5.74. The largest absolute Gasteiger partial charge is 0.481 e. The molecule has 0 spiro atoms. The Balaban J connectivity index is 4.62. The Labute approximate surface area is 120 Å². The molecule has 0 fully saturated rings. The number of imide groups is 1. The van der Waals surface area contributed by atoms with Gasteiger partial charge in [-0.25, -0.2) is 4.79 Å². The van der Waals surface area contributed by atoms with E-state index in [0.717, 1.165) is 14.2 Å². The zero-order valence-corrected chi connectivity index (χ0v) is 11.6. The number of nitrogens with zero attached hydrogens (tertiary/aromatic N) is 1. The normalized spacial score (nSPS) is 9.43. The van der Waals surface area contributed by atoms with E-state index in [1.807, 2.05) is 5.32 Å². The zero-order valence-electron chi connectivity index (χ0n) is 11.6. The summed E-state index contributed by atoms with van der Waals surface area (Å²) >= 11 is 0. The van der Waals surface area contributed by atoms with Gasteiger partial charge in [0.2, 0.25) is 5.91 Å². The highest BCUT2D eigenvalue weighted by Crippen LogP contribution is 1.95. The van der Waals surface area contributed by atoms with Gasteiger partial charge in [0, 0.05) is 6.42 Å². The molecule has 0 aliphatic heterocycles. The summed E-state index contributed by atoms with van der Waals surface area (Å²) in [6, 6.07) is -1.03. The molecular weight excluding hydrogens is 288 g/mol. The fraction of sp³-hybridized carbons (Fsp3) is 0.545. The first kappa shape index (κ1) is 18.4. The Morgan fingerprint density at radius 3 is 1.81 bits per heavy atom. The van der Waals surface area contributed by atoms with Gasteiger partial charge in [0.05, 0.1) is 20.6 Å². The van der Waals surface area contributed by atoms with E-state index in [9.17, 15) is 24.0 Å². The van der Waals surface area contributed by atoms with Gasteiger partial charge in [-0.1, -0.05) is 0 Å². The molecule has 0 bridgehead atoms. The average Bonchev–Trinajstić information content (AvgIpc) is 2.43. The number of urea groups is 1. The van der Waals surface area contributed by atoms with Crippen LogP contribution in [-0.2, 0) is 28.7 Å². The number of ether oxygens (including phenoxy) is 2. The van der Waals surface area contributed by atoms with Crippen molar-refractivity contribution in [3.05, 3.63) is 0 Å². The summed E-state index contributed by atoms with van der Waals surface area (Å²) in [5.41, 5.74) is 0. The summed E-state index contributed by atoms with van der Waals surface area (Å²) in [5, 5.41) is 10.3. The third kappa shape index (κ3) is 8.18. The maximum Gasteiger partial charge on any atom is 0.325 e. The topological polar surface area (TPSA) is 139 Å². The predicted molar refractivity (Wildman–Crippen MR) is 66.0 cm³/mol.